The van der Waals surface area contributed by atoms with E-state index in [4.69, 9.17) is 10.00 Å². The second kappa shape index (κ2) is 8.94. The Hall–Kier alpha value is -3.21. The molecule has 0 saturated carbocycles. The number of para-hydroxylation sites is 1. The summed E-state index contributed by atoms with van der Waals surface area (Å²) in [5.74, 6) is 0.0150. The molecule has 1 amide bonds. The van der Waals surface area contributed by atoms with Gasteiger partial charge in [0, 0.05) is 6.54 Å². The van der Waals surface area contributed by atoms with Crippen LogP contribution in [0.25, 0.3) is 0 Å². The Bertz CT molecular complexity index is 814. The molecule has 0 fully saturated rings. The van der Waals surface area contributed by atoms with E-state index in [-0.39, 0.29) is 18.2 Å². The second-order valence-electron chi connectivity index (χ2n) is 5.63. The highest BCUT2D eigenvalue weighted by Gasteiger charge is 2.28. The summed E-state index contributed by atoms with van der Waals surface area (Å²) in [6.07, 6.45) is -5.22. The number of benzene rings is 2. The average Bonchev–Trinajstić information content (AvgIpc) is 2.65. The van der Waals surface area contributed by atoms with Crippen molar-refractivity contribution >= 4 is 5.91 Å². The zero-order valence-corrected chi connectivity index (χ0v) is 14.4. The molecule has 1 N–H and O–H groups in total. The molecule has 1 atom stereocenters. The van der Waals surface area contributed by atoms with E-state index in [9.17, 15) is 18.0 Å². The Kier molecular flexibility index (Phi) is 6.66. The average molecular weight is 378 g/mol. The first-order valence-electron chi connectivity index (χ1n) is 8.00. The van der Waals surface area contributed by atoms with Gasteiger partial charge in [0.15, 0.2) is 12.7 Å². The summed E-state index contributed by atoms with van der Waals surface area (Å²) in [4.78, 5) is 12.1. The van der Waals surface area contributed by atoms with E-state index >= 15 is 0 Å². The van der Waals surface area contributed by atoms with E-state index in [0.29, 0.717) is 16.9 Å². The summed E-state index contributed by atoms with van der Waals surface area (Å²) in [6.45, 7) is 0.367. The van der Waals surface area contributed by atoms with E-state index in [1.807, 2.05) is 6.07 Å². The number of carbonyl (C=O) groups is 1. The molecule has 0 aliphatic rings. The molecule has 0 aliphatic carbocycles. The number of halogens is 3. The first-order chi connectivity index (χ1) is 12.8. The monoisotopic (exact) mass is 378 g/mol. The number of nitrogens with zero attached hydrogens (tertiary/aromatic N) is 1. The van der Waals surface area contributed by atoms with Gasteiger partial charge in [-0.2, -0.15) is 18.4 Å². The standard InChI is InChI=1S/C19H17F3N2O3/c1-13(27-17-5-3-2-4-15(17)10-23)18(25)24-11-14-6-8-16(9-7-14)26-12-19(20,21)22/h2-9,13H,11-12H2,1H3,(H,24,25). The molecule has 142 valence electrons. The summed E-state index contributed by atoms with van der Waals surface area (Å²) in [6, 6.07) is 14.5. The molecule has 0 aromatic heterocycles. The molecule has 2 aromatic rings. The van der Waals surface area contributed by atoms with Crippen LogP contribution in [0.2, 0.25) is 0 Å². The molecule has 0 spiro atoms. The van der Waals surface area contributed by atoms with Gasteiger partial charge in [-0.1, -0.05) is 24.3 Å². The lowest BCUT2D eigenvalue weighted by atomic mass is 10.2. The fraction of sp³-hybridized carbons (Fsp3) is 0.263. The van der Waals surface area contributed by atoms with Gasteiger partial charge < -0.3 is 14.8 Å². The van der Waals surface area contributed by atoms with Gasteiger partial charge in [-0.25, -0.2) is 0 Å². The van der Waals surface area contributed by atoms with Gasteiger partial charge >= 0.3 is 6.18 Å². The minimum Gasteiger partial charge on any atom is -0.484 e. The normalized spacial score (nSPS) is 12.0. The number of hydrogen-bond donors (Lipinski definition) is 1. The van der Waals surface area contributed by atoms with Crippen LogP contribution in [0.1, 0.15) is 18.1 Å². The first kappa shape index (κ1) is 20.1. The molecular formula is C19H17F3N2O3. The molecule has 8 heteroatoms. The first-order valence-corrected chi connectivity index (χ1v) is 8.00. The van der Waals surface area contributed by atoms with Crippen LogP contribution in [0.15, 0.2) is 48.5 Å². The molecule has 0 heterocycles. The number of hydrogen-bond acceptors (Lipinski definition) is 4. The van der Waals surface area contributed by atoms with Crippen LogP contribution >= 0.6 is 0 Å². The van der Waals surface area contributed by atoms with E-state index in [1.165, 1.54) is 12.1 Å². The van der Waals surface area contributed by atoms with Crippen molar-refractivity contribution in [3.8, 4) is 17.6 Å². The number of rotatable bonds is 7. The molecule has 1 unspecified atom stereocenters. The fourth-order valence-electron chi connectivity index (χ4n) is 2.11. The van der Waals surface area contributed by atoms with Gasteiger partial charge in [-0.05, 0) is 36.8 Å². The van der Waals surface area contributed by atoms with Gasteiger partial charge in [0.05, 0.1) is 5.56 Å². The van der Waals surface area contributed by atoms with E-state index in [0.717, 1.165) is 0 Å². The number of nitrogens with one attached hydrogen (secondary N) is 1. The third kappa shape index (κ3) is 6.55. The number of carbonyl (C=O) groups excluding carboxylic acids is 1. The van der Waals surface area contributed by atoms with E-state index < -0.39 is 18.9 Å². The highest BCUT2D eigenvalue weighted by molar-refractivity contribution is 5.80. The molecule has 2 rings (SSSR count). The van der Waals surface area contributed by atoms with Crippen molar-refractivity contribution in [1.82, 2.24) is 5.32 Å². The van der Waals surface area contributed by atoms with Crippen LogP contribution in [-0.2, 0) is 11.3 Å². The Labute approximate surface area is 154 Å². The number of alkyl halides is 3. The van der Waals surface area contributed by atoms with Crippen LogP contribution < -0.4 is 14.8 Å². The molecule has 0 saturated heterocycles. The highest BCUT2D eigenvalue weighted by Crippen LogP contribution is 2.19. The number of nitriles is 1. The predicted octanol–water partition coefficient (Wildman–Crippen LogP) is 3.58. The van der Waals surface area contributed by atoms with Crippen molar-refractivity contribution < 1.29 is 27.4 Å². The fourth-order valence-corrected chi connectivity index (χ4v) is 2.11. The van der Waals surface area contributed by atoms with Crippen LogP contribution in [0.4, 0.5) is 13.2 Å². The van der Waals surface area contributed by atoms with E-state index in [2.05, 4.69) is 10.1 Å². The zero-order valence-electron chi connectivity index (χ0n) is 14.4. The predicted molar refractivity (Wildman–Crippen MR) is 91.1 cm³/mol. The second-order valence-corrected chi connectivity index (χ2v) is 5.63. The number of amides is 1. The minimum atomic E-state index is -4.40. The molecule has 27 heavy (non-hydrogen) atoms. The van der Waals surface area contributed by atoms with Crippen molar-refractivity contribution in [2.24, 2.45) is 0 Å². The summed E-state index contributed by atoms with van der Waals surface area (Å²) in [5, 5.41) is 11.7. The molecule has 0 bridgehead atoms. The van der Waals surface area contributed by atoms with Crippen molar-refractivity contribution in [2.75, 3.05) is 6.61 Å². The van der Waals surface area contributed by atoms with Crippen molar-refractivity contribution in [1.29, 1.82) is 5.26 Å². The van der Waals surface area contributed by atoms with Gasteiger partial charge in [0.1, 0.15) is 17.6 Å². The lowest BCUT2D eigenvalue weighted by molar-refractivity contribution is -0.153. The maximum Gasteiger partial charge on any atom is 0.422 e. The third-order valence-electron chi connectivity index (χ3n) is 3.47. The zero-order chi connectivity index (χ0) is 19.9. The summed E-state index contributed by atoms with van der Waals surface area (Å²) in [5.41, 5.74) is 1.01. The van der Waals surface area contributed by atoms with Crippen LogP contribution in [0.3, 0.4) is 0 Å². The quantitative estimate of drug-likeness (QED) is 0.799. The SMILES string of the molecule is CC(Oc1ccccc1C#N)C(=O)NCc1ccc(OCC(F)(F)F)cc1. The largest absolute Gasteiger partial charge is 0.484 e. The topological polar surface area (TPSA) is 71.3 Å². The van der Waals surface area contributed by atoms with Crippen LogP contribution in [0.5, 0.6) is 11.5 Å². The molecule has 5 nitrogen and oxygen atoms in total. The Morgan fingerprint density at radius 3 is 2.48 bits per heavy atom. The Morgan fingerprint density at radius 1 is 1.19 bits per heavy atom. The Balaban J connectivity index is 1.85. The van der Waals surface area contributed by atoms with Crippen molar-refractivity contribution in [3.63, 3.8) is 0 Å². The van der Waals surface area contributed by atoms with Crippen LogP contribution in [-0.4, -0.2) is 24.8 Å². The molecular weight excluding hydrogens is 361 g/mol. The van der Waals surface area contributed by atoms with Crippen molar-refractivity contribution in [2.45, 2.75) is 25.7 Å². The summed E-state index contributed by atoms with van der Waals surface area (Å²) in [7, 11) is 0. The van der Waals surface area contributed by atoms with Crippen LogP contribution in [0, 0.1) is 11.3 Å². The number of ether oxygens (including phenoxy) is 2. The summed E-state index contributed by atoms with van der Waals surface area (Å²) >= 11 is 0. The van der Waals surface area contributed by atoms with Gasteiger partial charge in [-0.3, -0.25) is 4.79 Å². The molecule has 0 radical (unpaired) electrons. The van der Waals surface area contributed by atoms with E-state index in [1.54, 1.807) is 43.3 Å². The maximum atomic E-state index is 12.1. The van der Waals surface area contributed by atoms with Gasteiger partial charge in [0.2, 0.25) is 0 Å². The molecule has 0 aliphatic heterocycles. The lowest BCUT2D eigenvalue weighted by Crippen LogP contribution is -2.36. The highest BCUT2D eigenvalue weighted by atomic mass is 19.4. The maximum absolute atomic E-state index is 12.1. The summed E-state index contributed by atoms with van der Waals surface area (Å²) < 4.78 is 46.5. The third-order valence-corrected chi connectivity index (χ3v) is 3.47. The van der Waals surface area contributed by atoms with Gasteiger partial charge in [-0.15, -0.1) is 0 Å². The lowest BCUT2D eigenvalue weighted by Gasteiger charge is -2.15. The minimum absolute atomic E-state index is 0.0900. The van der Waals surface area contributed by atoms with Crippen molar-refractivity contribution in [3.05, 3.63) is 59.7 Å². The smallest absolute Gasteiger partial charge is 0.422 e. The molecule has 2 aromatic carbocycles. The van der Waals surface area contributed by atoms with Gasteiger partial charge in [0.25, 0.3) is 5.91 Å². The Morgan fingerprint density at radius 2 is 1.85 bits per heavy atom.